The molecule has 0 aromatic rings. The average molecular weight is 255 g/mol. The fourth-order valence-corrected chi connectivity index (χ4v) is 2.59. The van der Waals surface area contributed by atoms with Crippen molar-refractivity contribution in [3.8, 4) is 0 Å². The summed E-state index contributed by atoms with van der Waals surface area (Å²) in [6.45, 7) is 2.56. The Balaban J connectivity index is 1.63. The van der Waals surface area contributed by atoms with Crippen LogP contribution in [0.25, 0.3) is 0 Å². The van der Waals surface area contributed by atoms with E-state index in [2.05, 4.69) is 6.92 Å². The van der Waals surface area contributed by atoms with Gasteiger partial charge in [0.25, 0.3) is 0 Å². The number of amides is 1. The van der Waals surface area contributed by atoms with Crippen LogP contribution in [-0.4, -0.2) is 47.8 Å². The van der Waals surface area contributed by atoms with Gasteiger partial charge >= 0.3 is 0 Å². The molecule has 0 spiro atoms. The summed E-state index contributed by atoms with van der Waals surface area (Å²) in [6, 6.07) is 0. The molecule has 1 aliphatic carbocycles. The van der Waals surface area contributed by atoms with Gasteiger partial charge in [0, 0.05) is 20.0 Å². The highest BCUT2D eigenvalue weighted by Crippen LogP contribution is 2.32. The largest absolute Gasteiger partial charge is 0.391 e. The summed E-state index contributed by atoms with van der Waals surface area (Å²) in [5, 5.41) is 9.80. The molecule has 1 heterocycles. The molecule has 104 valence electrons. The second-order valence-corrected chi connectivity index (χ2v) is 5.86. The number of carbonyl (C=O) groups excluding carboxylic acids is 1. The number of hydrogen-bond acceptors (Lipinski definition) is 3. The molecule has 0 aromatic heterocycles. The lowest BCUT2D eigenvalue weighted by Crippen LogP contribution is -2.35. The van der Waals surface area contributed by atoms with Crippen LogP contribution < -0.4 is 0 Å². The smallest absolute Gasteiger partial charge is 0.222 e. The third kappa shape index (κ3) is 3.95. The fraction of sp³-hybridized carbons (Fsp3) is 0.929. The van der Waals surface area contributed by atoms with Crippen molar-refractivity contribution in [1.29, 1.82) is 0 Å². The zero-order valence-electron chi connectivity index (χ0n) is 11.5. The van der Waals surface area contributed by atoms with E-state index >= 15 is 0 Å². The van der Waals surface area contributed by atoms with Gasteiger partial charge in [-0.15, -0.1) is 0 Å². The van der Waals surface area contributed by atoms with E-state index < -0.39 is 0 Å². The van der Waals surface area contributed by atoms with E-state index in [9.17, 15) is 9.90 Å². The van der Waals surface area contributed by atoms with Crippen LogP contribution in [0.15, 0.2) is 0 Å². The quantitative estimate of drug-likeness (QED) is 0.783. The first-order valence-corrected chi connectivity index (χ1v) is 7.13. The van der Waals surface area contributed by atoms with Crippen molar-refractivity contribution in [2.24, 2.45) is 5.92 Å². The number of rotatable bonds is 6. The molecule has 1 saturated carbocycles. The van der Waals surface area contributed by atoms with Crippen molar-refractivity contribution < 1.29 is 14.6 Å². The number of aliphatic hydroxyl groups is 1. The van der Waals surface area contributed by atoms with Gasteiger partial charge in [-0.05, 0) is 44.9 Å². The minimum atomic E-state index is -0.332. The molecule has 0 bridgehead atoms. The second-order valence-electron chi connectivity index (χ2n) is 5.86. The monoisotopic (exact) mass is 255 g/mol. The molecule has 2 rings (SSSR count). The highest BCUT2D eigenvalue weighted by atomic mass is 16.5. The van der Waals surface area contributed by atoms with E-state index in [1.807, 2.05) is 0 Å². The summed E-state index contributed by atoms with van der Waals surface area (Å²) in [6.07, 6.45) is 6.01. The Bertz CT molecular complexity index is 291. The predicted molar refractivity (Wildman–Crippen MR) is 69.2 cm³/mol. The molecule has 0 radical (unpaired) electrons. The van der Waals surface area contributed by atoms with E-state index in [-0.39, 0.29) is 18.1 Å². The van der Waals surface area contributed by atoms with Crippen molar-refractivity contribution in [1.82, 2.24) is 4.90 Å². The lowest BCUT2D eigenvalue weighted by atomic mass is 10.1. The Morgan fingerprint density at radius 2 is 2.11 bits per heavy atom. The van der Waals surface area contributed by atoms with Crippen LogP contribution in [-0.2, 0) is 9.53 Å². The molecule has 3 unspecified atom stereocenters. The number of hydrogen-bond donors (Lipinski definition) is 1. The molecule has 4 nitrogen and oxygen atoms in total. The van der Waals surface area contributed by atoms with E-state index in [0.717, 1.165) is 32.1 Å². The molecular formula is C14H25NO3. The number of likely N-dealkylation sites (N-methyl/N-ethyl adjacent to an activating group) is 1. The standard InChI is InChI=1S/C14H25NO3/c1-10-3-6-12(18-10)7-8-14(17)15(2)9-13(16)11-4-5-11/h10-13,16H,3-9H2,1-2H3. The highest BCUT2D eigenvalue weighted by Gasteiger charge is 2.31. The molecule has 2 aliphatic rings. The molecule has 18 heavy (non-hydrogen) atoms. The van der Waals surface area contributed by atoms with Crippen molar-refractivity contribution in [2.45, 2.75) is 63.8 Å². The van der Waals surface area contributed by atoms with Crippen LogP contribution in [0, 0.1) is 5.92 Å². The Kier molecular flexibility index (Phi) is 4.62. The molecule has 1 aliphatic heterocycles. The van der Waals surface area contributed by atoms with Crippen LogP contribution in [0.1, 0.15) is 45.4 Å². The summed E-state index contributed by atoms with van der Waals surface area (Å²) < 4.78 is 5.70. The Morgan fingerprint density at radius 1 is 1.39 bits per heavy atom. The molecule has 0 aromatic carbocycles. The van der Waals surface area contributed by atoms with Crippen molar-refractivity contribution in [2.75, 3.05) is 13.6 Å². The third-order valence-electron chi connectivity index (χ3n) is 4.05. The number of carbonyl (C=O) groups is 1. The summed E-state index contributed by atoms with van der Waals surface area (Å²) in [4.78, 5) is 13.6. The summed E-state index contributed by atoms with van der Waals surface area (Å²) in [5.41, 5.74) is 0. The second kappa shape index (κ2) is 6.02. The van der Waals surface area contributed by atoms with E-state index in [1.165, 1.54) is 0 Å². The SMILES string of the molecule is CC1CCC(CCC(=O)N(C)CC(O)C2CC2)O1. The first kappa shape index (κ1) is 13.8. The number of ether oxygens (including phenoxy) is 1. The highest BCUT2D eigenvalue weighted by molar-refractivity contribution is 5.75. The van der Waals surface area contributed by atoms with Gasteiger partial charge < -0.3 is 14.7 Å². The van der Waals surface area contributed by atoms with Crippen molar-refractivity contribution in [3.63, 3.8) is 0 Å². The van der Waals surface area contributed by atoms with Crippen molar-refractivity contribution >= 4 is 5.91 Å². The van der Waals surface area contributed by atoms with Gasteiger partial charge in [0.1, 0.15) is 0 Å². The van der Waals surface area contributed by atoms with Crippen LogP contribution >= 0.6 is 0 Å². The first-order valence-electron chi connectivity index (χ1n) is 7.13. The molecule has 1 saturated heterocycles. The Hall–Kier alpha value is -0.610. The lowest BCUT2D eigenvalue weighted by molar-refractivity contribution is -0.132. The van der Waals surface area contributed by atoms with E-state index in [1.54, 1.807) is 11.9 Å². The first-order chi connectivity index (χ1) is 8.56. The predicted octanol–water partition coefficient (Wildman–Crippen LogP) is 1.56. The van der Waals surface area contributed by atoms with Gasteiger partial charge in [-0.3, -0.25) is 4.79 Å². The molecule has 2 fully saturated rings. The van der Waals surface area contributed by atoms with Crippen LogP contribution in [0.4, 0.5) is 0 Å². The molecular weight excluding hydrogens is 230 g/mol. The minimum absolute atomic E-state index is 0.123. The normalized spacial score (nSPS) is 29.3. The third-order valence-corrected chi connectivity index (χ3v) is 4.05. The van der Waals surface area contributed by atoms with Crippen LogP contribution in [0.5, 0.6) is 0 Å². The summed E-state index contributed by atoms with van der Waals surface area (Å²) in [7, 11) is 1.78. The maximum atomic E-state index is 11.9. The maximum Gasteiger partial charge on any atom is 0.222 e. The van der Waals surface area contributed by atoms with E-state index in [4.69, 9.17) is 4.74 Å². The minimum Gasteiger partial charge on any atom is -0.391 e. The topological polar surface area (TPSA) is 49.8 Å². The molecule has 1 amide bonds. The zero-order chi connectivity index (χ0) is 13.1. The van der Waals surface area contributed by atoms with Crippen LogP contribution in [0.2, 0.25) is 0 Å². The zero-order valence-corrected chi connectivity index (χ0v) is 11.5. The maximum absolute atomic E-state index is 11.9. The lowest BCUT2D eigenvalue weighted by Gasteiger charge is -2.21. The van der Waals surface area contributed by atoms with Crippen LogP contribution in [0.3, 0.4) is 0 Å². The van der Waals surface area contributed by atoms with Gasteiger partial charge in [-0.1, -0.05) is 0 Å². The van der Waals surface area contributed by atoms with Gasteiger partial charge in [0.05, 0.1) is 18.3 Å². The Labute approximate surface area is 109 Å². The molecule has 3 atom stereocenters. The molecule has 4 heteroatoms. The summed E-state index contributed by atoms with van der Waals surface area (Å²) in [5.74, 6) is 0.553. The van der Waals surface area contributed by atoms with Gasteiger partial charge in [-0.2, -0.15) is 0 Å². The number of nitrogens with zero attached hydrogens (tertiary/aromatic N) is 1. The van der Waals surface area contributed by atoms with E-state index in [0.29, 0.717) is 25.0 Å². The average Bonchev–Trinajstić information content (AvgIpc) is 3.10. The summed E-state index contributed by atoms with van der Waals surface area (Å²) >= 11 is 0. The Morgan fingerprint density at radius 3 is 2.67 bits per heavy atom. The fourth-order valence-electron chi connectivity index (χ4n) is 2.59. The number of aliphatic hydroxyl groups excluding tert-OH is 1. The van der Waals surface area contributed by atoms with Gasteiger partial charge in [0.2, 0.25) is 5.91 Å². The molecule has 1 N–H and O–H groups in total. The van der Waals surface area contributed by atoms with Gasteiger partial charge in [-0.25, -0.2) is 0 Å². The van der Waals surface area contributed by atoms with Crippen molar-refractivity contribution in [3.05, 3.63) is 0 Å². The van der Waals surface area contributed by atoms with Gasteiger partial charge in [0.15, 0.2) is 0 Å².